The number of hydrogen-bond donors (Lipinski definition) is 1. The van der Waals surface area contributed by atoms with Gasteiger partial charge in [0.05, 0.1) is 11.3 Å². The third-order valence-corrected chi connectivity index (χ3v) is 5.38. The van der Waals surface area contributed by atoms with Gasteiger partial charge in [-0.05, 0) is 61.3 Å². The molecule has 0 saturated carbocycles. The van der Waals surface area contributed by atoms with E-state index in [1.807, 2.05) is 18.2 Å². The van der Waals surface area contributed by atoms with E-state index in [9.17, 15) is 9.90 Å². The van der Waals surface area contributed by atoms with Crippen molar-refractivity contribution in [2.45, 2.75) is 38.0 Å². The molecule has 1 aliphatic carbocycles. The summed E-state index contributed by atoms with van der Waals surface area (Å²) < 4.78 is 0. The molecule has 0 fully saturated rings. The summed E-state index contributed by atoms with van der Waals surface area (Å²) in [5, 5.41) is 9.36. The minimum atomic E-state index is -0.884. The van der Waals surface area contributed by atoms with Crippen molar-refractivity contribution in [2.24, 2.45) is 0 Å². The van der Waals surface area contributed by atoms with E-state index in [4.69, 9.17) is 4.98 Å². The highest BCUT2D eigenvalue weighted by molar-refractivity contribution is 5.89. The number of carboxylic acids is 1. The fourth-order valence-electron chi connectivity index (χ4n) is 3.99. The van der Waals surface area contributed by atoms with Gasteiger partial charge in [-0.1, -0.05) is 36.4 Å². The van der Waals surface area contributed by atoms with Gasteiger partial charge in [0.2, 0.25) is 0 Å². The summed E-state index contributed by atoms with van der Waals surface area (Å²) in [7, 11) is 0. The van der Waals surface area contributed by atoms with Crippen LogP contribution in [0.15, 0.2) is 60.9 Å². The molecule has 4 rings (SSSR count). The van der Waals surface area contributed by atoms with Gasteiger partial charge < -0.3 is 5.11 Å². The number of carbonyl (C=O) groups is 1. The van der Waals surface area contributed by atoms with Gasteiger partial charge >= 0.3 is 5.97 Å². The first-order valence-corrected chi connectivity index (χ1v) is 9.44. The Bertz CT molecular complexity index is 954. The van der Waals surface area contributed by atoms with Crippen LogP contribution in [0.5, 0.6) is 0 Å². The quantitative estimate of drug-likeness (QED) is 0.705. The summed E-state index contributed by atoms with van der Waals surface area (Å²) >= 11 is 0. The number of fused-ring (bicyclic) bond motifs is 1. The number of pyridine rings is 2. The van der Waals surface area contributed by atoms with E-state index in [1.165, 1.54) is 17.5 Å². The summed E-state index contributed by atoms with van der Waals surface area (Å²) in [6, 6.07) is 16.2. The van der Waals surface area contributed by atoms with Crippen LogP contribution in [-0.2, 0) is 12.8 Å². The lowest BCUT2D eigenvalue weighted by molar-refractivity contribution is 0.0695. The van der Waals surface area contributed by atoms with Crippen LogP contribution in [0.4, 0.5) is 0 Å². The van der Waals surface area contributed by atoms with Crippen molar-refractivity contribution in [1.29, 1.82) is 0 Å². The van der Waals surface area contributed by atoms with Crippen LogP contribution in [0, 0.1) is 0 Å². The van der Waals surface area contributed by atoms with Gasteiger partial charge in [0.15, 0.2) is 0 Å². The average Bonchev–Trinajstić information content (AvgIpc) is 2.72. The third kappa shape index (κ3) is 3.75. The van der Waals surface area contributed by atoms with Crippen LogP contribution in [0.3, 0.4) is 0 Å². The fraction of sp³-hybridized carbons (Fsp3) is 0.261. The van der Waals surface area contributed by atoms with Gasteiger partial charge in [0.1, 0.15) is 0 Å². The molecular weight excluding hydrogens is 336 g/mol. The molecular formula is C23H22N2O2. The van der Waals surface area contributed by atoms with E-state index >= 15 is 0 Å². The lowest BCUT2D eigenvalue weighted by Crippen LogP contribution is -2.13. The molecule has 1 atom stereocenters. The topological polar surface area (TPSA) is 63.1 Å². The first kappa shape index (κ1) is 17.4. The monoisotopic (exact) mass is 358 g/mol. The molecule has 0 radical (unpaired) electrons. The maximum Gasteiger partial charge on any atom is 0.336 e. The number of aromatic nitrogens is 2. The molecule has 2 heterocycles. The summed E-state index contributed by atoms with van der Waals surface area (Å²) in [6.45, 7) is 0. The second-order valence-electron chi connectivity index (χ2n) is 7.06. The van der Waals surface area contributed by atoms with Crippen molar-refractivity contribution in [3.05, 3.63) is 83.3 Å². The Morgan fingerprint density at radius 1 is 1.11 bits per heavy atom. The highest BCUT2D eigenvalue weighted by atomic mass is 16.4. The van der Waals surface area contributed by atoms with E-state index < -0.39 is 5.97 Å². The molecule has 0 bridgehead atoms. The smallest absolute Gasteiger partial charge is 0.336 e. The molecule has 2 aromatic heterocycles. The molecule has 0 amide bonds. The Morgan fingerprint density at radius 2 is 1.96 bits per heavy atom. The van der Waals surface area contributed by atoms with Crippen molar-refractivity contribution >= 4 is 5.97 Å². The molecule has 0 spiro atoms. The van der Waals surface area contributed by atoms with Crippen molar-refractivity contribution in [3.63, 3.8) is 0 Å². The Kier molecular flexibility index (Phi) is 4.97. The van der Waals surface area contributed by atoms with E-state index in [0.29, 0.717) is 11.5 Å². The van der Waals surface area contributed by atoms with Crippen LogP contribution in [0.1, 0.15) is 52.4 Å². The minimum Gasteiger partial charge on any atom is -0.478 e. The van der Waals surface area contributed by atoms with Gasteiger partial charge in [0, 0.05) is 23.7 Å². The molecule has 3 aromatic rings. The standard InChI is InChI=1S/C23H22N2O2/c26-23(27)20-13-14-24-15-18(20)10-9-16-7-4-8-22-19(16)11-12-21(25-22)17-5-2-1-3-6-17/h1-3,5-6,11-16H,4,7-10H2,(H,26,27). The van der Waals surface area contributed by atoms with Gasteiger partial charge in [-0.25, -0.2) is 4.79 Å². The second-order valence-corrected chi connectivity index (χ2v) is 7.06. The molecule has 0 saturated heterocycles. The SMILES string of the molecule is O=C(O)c1ccncc1CCC1CCCc2nc(-c3ccccc3)ccc21. The highest BCUT2D eigenvalue weighted by Crippen LogP contribution is 2.35. The van der Waals surface area contributed by atoms with Crippen LogP contribution in [0.2, 0.25) is 0 Å². The number of hydrogen-bond acceptors (Lipinski definition) is 3. The molecule has 4 heteroatoms. The number of carboxylic acid groups (broad SMARTS) is 1. The molecule has 1 unspecified atom stereocenters. The number of rotatable bonds is 5. The van der Waals surface area contributed by atoms with E-state index in [-0.39, 0.29) is 0 Å². The average molecular weight is 358 g/mol. The Hall–Kier alpha value is -3.01. The van der Waals surface area contributed by atoms with Gasteiger partial charge in [-0.15, -0.1) is 0 Å². The van der Waals surface area contributed by atoms with Crippen LogP contribution < -0.4 is 0 Å². The summed E-state index contributed by atoms with van der Waals surface area (Å²) in [4.78, 5) is 20.4. The summed E-state index contributed by atoms with van der Waals surface area (Å²) in [6.07, 6.45) is 8.14. The van der Waals surface area contributed by atoms with Gasteiger partial charge in [-0.2, -0.15) is 0 Å². The largest absolute Gasteiger partial charge is 0.478 e. The molecule has 136 valence electrons. The van der Waals surface area contributed by atoms with E-state index in [0.717, 1.165) is 48.9 Å². The maximum absolute atomic E-state index is 11.4. The van der Waals surface area contributed by atoms with Crippen LogP contribution in [-0.4, -0.2) is 21.0 Å². The van der Waals surface area contributed by atoms with Gasteiger partial charge in [0.25, 0.3) is 0 Å². The fourth-order valence-corrected chi connectivity index (χ4v) is 3.99. The summed E-state index contributed by atoms with van der Waals surface area (Å²) in [5.74, 6) is -0.460. The zero-order valence-electron chi connectivity index (χ0n) is 15.1. The van der Waals surface area contributed by atoms with Crippen molar-refractivity contribution in [3.8, 4) is 11.3 Å². The van der Waals surface area contributed by atoms with E-state index in [1.54, 1.807) is 12.3 Å². The zero-order valence-corrected chi connectivity index (χ0v) is 15.1. The van der Waals surface area contributed by atoms with Crippen molar-refractivity contribution in [1.82, 2.24) is 9.97 Å². The lowest BCUT2D eigenvalue weighted by Gasteiger charge is -2.25. The van der Waals surface area contributed by atoms with Crippen molar-refractivity contribution in [2.75, 3.05) is 0 Å². The predicted molar refractivity (Wildman–Crippen MR) is 105 cm³/mol. The summed E-state index contributed by atoms with van der Waals surface area (Å²) in [5.41, 5.74) is 5.85. The maximum atomic E-state index is 11.4. The first-order chi connectivity index (χ1) is 13.2. The molecule has 1 aromatic carbocycles. The number of benzene rings is 1. The Morgan fingerprint density at radius 3 is 2.78 bits per heavy atom. The van der Waals surface area contributed by atoms with Gasteiger partial charge in [-0.3, -0.25) is 9.97 Å². The first-order valence-electron chi connectivity index (χ1n) is 9.44. The normalized spacial score (nSPS) is 15.9. The predicted octanol–water partition coefficient (Wildman–Crippen LogP) is 4.89. The highest BCUT2D eigenvalue weighted by Gasteiger charge is 2.22. The molecule has 0 aliphatic heterocycles. The second kappa shape index (κ2) is 7.70. The molecule has 1 N–H and O–H groups in total. The van der Waals surface area contributed by atoms with Crippen molar-refractivity contribution < 1.29 is 9.90 Å². The van der Waals surface area contributed by atoms with Crippen LogP contribution >= 0.6 is 0 Å². The zero-order chi connectivity index (χ0) is 18.6. The lowest BCUT2D eigenvalue weighted by atomic mass is 9.81. The Labute approximate surface area is 158 Å². The third-order valence-electron chi connectivity index (χ3n) is 5.38. The number of nitrogens with zero attached hydrogens (tertiary/aromatic N) is 2. The number of aromatic carboxylic acids is 1. The molecule has 27 heavy (non-hydrogen) atoms. The number of aryl methyl sites for hydroxylation is 2. The van der Waals surface area contributed by atoms with E-state index in [2.05, 4.69) is 29.2 Å². The molecule has 1 aliphatic rings. The van der Waals surface area contributed by atoms with Crippen LogP contribution in [0.25, 0.3) is 11.3 Å². The minimum absolute atomic E-state index is 0.360. The Balaban J connectivity index is 1.55. The molecule has 4 nitrogen and oxygen atoms in total.